The zero-order chi connectivity index (χ0) is 14.0. The molecule has 0 fully saturated rings. The van der Waals surface area contributed by atoms with Crippen molar-refractivity contribution in [2.45, 2.75) is 18.9 Å². The maximum Gasteiger partial charge on any atom is 0.231 e. The van der Waals surface area contributed by atoms with Crippen molar-refractivity contribution in [3.05, 3.63) is 47.0 Å². The number of fused-ring (bicyclic) bond motifs is 4. The standard InChI is InChI=1S/C17H13NO3/c19-14-7-10-6-13-17(21-8-20-13)16-11-4-2-1-3-9(11)5-12(18-14)15(10)16/h1-4,6,12H,5,7-8H2,(H,18,19). The Labute approximate surface area is 121 Å². The highest BCUT2D eigenvalue weighted by Crippen LogP contribution is 2.52. The van der Waals surface area contributed by atoms with Crippen molar-refractivity contribution >= 4 is 5.91 Å². The van der Waals surface area contributed by atoms with E-state index in [1.807, 2.05) is 18.2 Å². The first-order valence-corrected chi connectivity index (χ1v) is 7.14. The Morgan fingerprint density at radius 1 is 1.14 bits per heavy atom. The third-order valence-corrected chi connectivity index (χ3v) is 4.53. The van der Waals surface area contributed by atoms with Crippen LogP contribution >= 0.6 is 0 Å². The smallest absolute Gasteiger partial charge is 0.231 e. The summed E-state index contributed by atoms with van der Waals surface area (Å²) >= 11 is 0. The van der Waals surface area contributed by atoms with E-state index in [0.29, 0.717) is 6.42 Å². The molecule has 4 heteroatoms. The van der Waals surface area contributed by atoms with Crippen molar-refractivity contribution in [2.75, 3.05) is 6.79 Å². The van der Waals surface area contributed by atoms with Gasteiger partial charge in [-0.3, -0.25) is 4.79 Å². The Kier molecular flexibility index (Phi) is 2.02. The first-order valence-electron chi connectivity index (χ1n) is 7.14. The summed E-state index contributed by atoms with van der Waals surface area (Å²) in [7, 11) is 0. The summed E-state index contributed by atoms with van der Waals surface area (Å²) in [6.07, 6.45) is 1.25. The van der Waals surface area contributed by atoms with E-state index < -0.39 is 0 Å². The van der Waals surface area contributed by atoms with Gasteiger partial charge in [-0.2, -0.15) is 0 Å². The summed E-state index contributed by atoms with van der Waals surface area (Å²) in [6, 6.07) is 10.3. The van der Waals surface area contributed by atoms with Gasteiger partial charge < -0.3 is 14.8 Å². The molecule has 0 aromatic heterocycles. The number of rotatable bonds is 0. The van der Waals surface area contributed by atoms with Crippen LogP contribution in [-0.4, -0.2) is 12.7 Å². The zero-order valence-electron chi connectivity index (χ0n) is 11.3. The number of carbonyl (C=O) groups excluding carboxylic acids is 1. The van der Waals surface area contributed by atoms with Crippen LogP contribution in [0.25, 0.3) is 11.1 Å². The van der Waals surface area contributed by atoms with Gasteiger partial charge in [-0.05, 0) is 34.7 Å². The monoisotopic (exact) mass is 279 g/mol. The normalized spacial score (nSPS) is 20.6. The quantitative estimate of drug-likeness (QED) is 0.805. The molecule has 3 aliphatic rings. The van der Waals surface area contributed by atoms with Gasteiger partial charge in [-0.25, -0.2) is 0 Å². The molecule has 1 N–H and O–H groups in total. The van der Waals surface area contributed by atoms with Crippen LogP contribution in [0.15, 0.2) is 30.3 Å². The average Bonchev–Trinajstić information content (AvgIpc) is 2.94. The van der Waals surface area contributed by atoms with E-state index in [1.54, 1.807) is 0 Å². The van der Waals surface area contributed by atoms with Crippen LogP contribution in [0.3, 0.4) is 0 Å². The first kappa shape index (κ1) is 11.2. The minimum absolute atomic E-state index is 0.0423. The molecular formula is C17H13NO3. The molecule has 104 valence electrons. The molecule has 0 saturated heterocycles. The molecule has 1 unspecified atom stereocenters. The van der Waals surface area contributed by atoms with Gasteiger partial charge in [0.25, 0.3) is 0 Å². The number of benzene rings is 2. The van der Waals surface area contributed by atoms with Gasteiger partial charge in [0.15, 0.2) is 11.5 Å². The van der Waals surface area contributed by atoms with Crippen molar-refractivity contribution in [3.63, 3.8) is 0 Å². The summed E-state index contributed by atoms with van der Waals surface area (Å²) < 4.78 is 11.3. The number of hydrogen-bond acceptors (Lipinski definition) is 3. The molecule has 2 aromatic carbocycles. The molecule has 2 heterocycles. The van der Waals surface area contributed by atoms with E-state index in [-0.39, 0.29) is 18.7 Å². The molecule has 0 bridgehead atoms. The summed E-state index contributed by atoms with van der Waals surface area (Å²) in [5, 5.41) is 3.11. The molecule has 0 spiro atoms. The molecule has 4 nitrogen and oxygen atoms in total. The number of nitrogens with one attached hydrogen (secondary N) is 1. The van der Waals surface area contributed by atoms with Gasteiger partial charge in [0.2, 0.25) is 12.7 Å². The Morgan fingerprint density at radius 3 is 3.00 bits per heavy atom. The van der Waals surface area contributed by atoms with Crippen molar-refractivity contribution in [1.82, 2.24) is 5.32 Å². The van der Waals surface area contributed by atoms with Gasteiger partial charge in [0, 0.05) is 5.56 Å². The fourth-order valence-electron chi connectivity index (χ4n) is 3.73. The summed E-state index contributed by atoms with van der Waals surface area (Å²) in [4.78, 5) is 12.0. The van der Waals surface area contributed by atoms with Crippen LogP contribution < -0.4 is 14.8 Å². The Morgan fingerprint density at radius 2 is 2.05 bits per heavy atom. The molecule has 21 heavy (non-hydrogen) atoms. The third kappa shape index (κ3) is 1.42. The first-order chi connectivity index (χ1) is 10.3. The van der Waals surface area contributed by atoms with E-state index in [4.69, 9.17) is 9.47 Å². The summed E-state index contributed by atoms with van der Waals surface area (Å²) in [6.45, 7) is 0.249. The van der Waals surface area contributed by atoms with E-state index in [2.05, 4.69) is 17.4 Å². The second-order valence-corrected chi connectivity index (χ2v) is 5.72. The van der Waals surface area contributed by atoms with Gasteiger partial charge in [-0.15, -0.1) is 0 Å². The Hall–Kier alpha value is -2.49. The lowest BCUT2D eigenvalue weighted by Gasteiger charge is -2.34. The predicted octanol–water partition coefficient (Wildman–Crippen LogP) is 2.35. The van der Waals surface area contributed by atoms with Gasteiger partial charge in [0.05, 0.1) is 12.5 Å². The van der Waals surface area contributed by atoms with Crippen LogP contribution in [0.5, 0.6) is 11.5 Å². The second kappa shape index (κ2) is 3.79. The topological polar surface area (TPSA) is 47.6 Å². The molecule has 1 amide bonds. The van der Waals surface area contributed by atoms with Crippen LogP contribution in [0.1, 0.15) is 22.7 Å². The lowest BCUT2D eigenvalue weighted by molar-refractivity contribution is -0.121. The highest BCUT2D eigenvalue weighted by Gasteiger charge is 2.37. The van der Waals surface area contributed by atoms with E-state index >= 15 is 0 Å². The molecule has 0 radical (unpaired) electrons. The average molecular weight is 279 g/mol. The summed E-state index contributed by atoms with van der Waals surface area (Å²) in [5.41, 5.74) is 5.82. The maximum absolute atomic E-state index is 12.0. The van der Waals surface area contributed by atoms with Gasteiger partial charge in [-0.1, -0.05) is 24.3 Å². The van der Waals surface area contributed by atoms with Crippen molar-refractivity contribution in [1.29, 1.82) is 0 Å². The lowest BCUT2D eigenvalue weighted by Crippen LogP contribution is -2.38. The summed E-state index contributed by atoms with van der Waals surface area (Å²) in [5.74, 6) is 1.66. The van der Waals surface area contributed by atoms with Crippen LogP contribution in [0, 0.1) is 0 Å². The molecular weight excluding hydrogens is 266 g/mol. The van der Waals surface area contributed by atoms with E-state index in [0.717, 1.165) is 29.0 Å². The van der Waals surface area contributed by atoms with E-state index in [1.165, 1.54) is 16.7 Å². The largest absolute Gasteiger partial charge is 0.454 e. The van der Waals surface area contributed by atoms with Crippen LogP contribution in [0.4, 0.5) is 0 Å². The van der Waals surface area contributed by atoms with Crippen LogP contribution in [-0.2, 0) is 17.6 Å². The fourth-order valence-corrected chi connectivity index (χ4v) is 3.73. The molecule has 1 atom stereocenters. The molecule has 5 rings (SSSR count). The van der Waals surface area contributed by atoms with E-state index in [9.17, 15) is 4.79 Å². The Balaban J connectivity index is 1.89. The minimum Gasteiger partial charge on any atom is -0.454 e. The predicted molar refractivity (Wildman–Crippen MR) is 76.3 cm³/mol. The van der Waals surface area contributed by atoms with Crippen LogP contribution in [0.2, 0.25) is 0 Å². The SMILES string of the molecule is O=C1Cc2cc3c(c4c2C(Cc2ccccc2-4)N1)OCO3. The number of ether oxygens (including phenoxy) is 2. The third-order valence-electron chi connectivity index (χ3n) is 4.53. The molecule has 0 saturated carbocycles. The number of amides is 1. The highest BCUT2D eigenvalue weighted by atomic mass is 16.7. The lowest BCUT2D eigenvalue weighted by atomic mass is 9.77. The van der Waals surface area contributed by atoms with Gasteiger partial charge in [0.1, 0.15) is 0 Å². The Bertz CT molecular complexity index is 797. The fraction of sp³-hybridized carbons (Fsp3) is 0.235. The maximum atomic E-state index is 12.0. The molecule has 1 aliphatic carbocycles. The van der Waals surface area contributed by atoms with Crippen molar-refractivity contribution in [3.8, 4) is 22.6 Å². The van der Waals surface area contributed by atoms with Gasteiger partial charge >= 0.3 is 0 Å². The highest BCUT2D eigenvalue weighted by molar-refractivity contribution is 5.89. The zero-order valence-corrected chi connectivity index (χ0v) is 11.3. The molecule has 2 aliphatic heterocycles. The van der Waals surface area contributed by atoms with Crippen molar-refractivity contribution < 1.29 is 14.3 Å². The minimum atomic E-state index is 0.0423. The second-order valence-electron chi connectivity index (χ2n) is 5.72. The number of carbonyl (C=O) groups is 1. The van der Waals surface area contributed by atoms with Crippen molar-refractivity contribution in [2.24, 2.45) is 0 Å². The molecule has 2 aromatic rings. The number of hydrogen-bond donors (Lipinski definition) is 1.